The summed E-state index contributed by atoms with van der Waals surface area (Å²) in [4.78, 5) is 10.6. The highest BCUT2D eigenvalue weighted by molar-refractivity contribution is 5.71. The Balaban J connectivity index is 2.19. The molecule has 10 heavy (non-hydrogen) atoms. The molecular formula is C6H10N2O2. The van der Waals surface area contributed by atoms with Gasteiger partial charge in [0.2, 0.25) is 0 Å². The van der Waals surface area contributed by atoms with Gasteiger partial charge in [0.25, 0.3) is 0 Å². The van der Waals surface area contributed by atoms with Gasteiger partial charge in [-0.1, -0.05) is 6.08 Å². The molecule has 1 aliphatic rings. The summed E-state index contributed by atoms with van der Waals surface area (Å²) in [5, 5.41) is 1.76. The average molecular weight is 142 g/mol. The number of hydrazine groups is 1. The van der Waals surface area contributed by atoms with Gasteiger partial charge in [-0.3, -0.25) is 4.79 Å². The van der Waals surface area contributed by atoms with Crippen molar-refractivity contribution in [3.8, 4) is 0 Å². The van der Waals surface area contributed by atoms with Crippen LogP contribution in [0.1, 0.15) is 0 Å². The van der Waals surface area contributed by atoms with E-state index in [-0.39, 0.29) is 5.97 Å². The molecule has 0 aromatic rings. The van der Waals surface area contributed by atoms with Crippen LogP contribution in [0.5, 0.6) is 0 Å². The predicted molar refractivity (Wildman–Crippen MR) is 35.9 cm³/mol. The zero-order chi connectivity index (χ0) is 7.40. The fourth-order valence-corrected chi connectivity index (χ4v) is 0.721. The van der Waals surface area contributed by atoms with Gasteiger partial charge in [0.05, 0.1) is 7.11 Å². The SMILES string of the molecule is COC(=O)CN1CC=CN1. The van der Waals surface area contributed by atoms with Crippen molar-refractivity contribution in [2.75, 3.05) is 20.2 Å². The van der Waals surface area contributed by atoms with Gasteiger partial charge in [0, 0.05) is 12.7 Å². The Kier molecular flexibility index (Phi) is 2.28. The maximum absolute atomic E-state index is 10.6. The summed E-state index contributed by atoms with van der Waals surface area (Å²) in [6.45, 7) is 1.05. The highest BCUT2D eigenvalue weighted by atomic mass is 16.5. The predicted octanol–water partition coefficient (Wildman–Crippen LogP) is -0.507. The second kappa shape index (κ2) is 3.22. The normalized spacial score (nSPS) is 16.9. The number of carbonyl (C=O) groups excluding carboxylic acids is 1. The summed E-state index contributed by atoms with van der Waals surface area (Å²) in [5.74, 6) is -0.226. The van der Waals surface area contributed by atoms with E-state index in [1.165, 1.54) is 7.11 Å². The highest BCUT2D eigenvalue weighted by Gasteiger charge is 2.09. The molecule has 0 saturated carbocycles. The van der Waals surface area contributed by atoms with Crippen LogP contribution in [0.3, 0.4) is 0 Å². The molecule has 0 aromatic heterocycles. The minimum Gasteiger partial charge on any atom is -0.468 e. The molecule has 0 aliphatic carbocycles. The smallest absolute Gasteiger partial charge is 0.321 e. The topological polar surface area (TPSA) is 41.6 Å². The number of hydrogen-bond donors (Lipinski definition) is 1. The van der Waals surface area contributed by atoms with Crippen LogP contribution in [0.25, 0.3) is 0 Å². The summed E-state index contributed by atoms with van der Waals surface area (Å²) >= 11 is 0. The minimum atomic E-state index is -0.226. The Morgan fingerprint density at radius 1 is 1.90 bits per heavy atom. The first-order valence-electron chi connectivity index (χ1n) is 3.06. The molecular weight excluding hydrogens is 132 g/mol. The summed E-state index contributed by atoms with van der Waals surface area (Å²) in [6, 6.07) is 0. The van der Waals surface area contributed by atoms with Crippen LogP contribution in [-0.2, 0) is 9.53 Å². The number of nitrogens with one attached hydrogen (secondary N) is 1. The van der Waals surface area contributed by atoms with Crippen molar-refractivity contribution in [3.05, 3.63) is 12.3 Å². The maximum Gasteiger partial charge on any atom is 0.321 e. The lowest BCUT2D eigenvalue weighted by atomic mass is 10.6. The number of carbonyl (C=O) groups is 1. The lowest BCUT2D eigenvalue weighted by molar-refractivity contribution is -0.142. The molecule has 56 valence electrons. The molecule has 0 fully saturated rings. The summed E-state index contributed by atoms with van der Waals surface area (Å²) in [6.07, 6.45) is 3.73. The largest absolute Gasteiger partial charge is 0.468 e. The third kappa shape index (κ3) is 1.73. The first-order valence-corrected chi connectivity index (χ1v) is 3.06. The van der Waals surface area contributed by atoms with E-state index in [1.54, 1.807) is 11.2 Å². The van der Waals surface area contributed by atoms with Gasteiger partial charge in [0.1, 0.15) is 6.54 Å². The van der Waals surface area contributed by atoms with Crippen molar-refractivity contribution in [1.82, 2.24) is 10.4 Å². The number of hydrogen-bond acceptors (Lipinski definition) is 4. The van der Waals surface area contributed by atoms with Crippen molar-refractivity contribution in [1.29, 1.82) is 0 Å². The number of nitrogens with zero attached hydrogens (tertiary/aromatic N) is 1. The van der Waals surface area contributed by atoms with Crippen LogP contribution in [0.15, 0.2) is 12.3 Å². The van der Waals surface area contributed by atoms with Crippen molar-refractivity contribution >= 4 is 5.97 Å². The number of methoxy groups -OCH3 is 1. The van der Waals surface area contributed by atoms with Gasteiger partial charge in [-0.05, 0) is 0 Å². The van der Waals surface area contributed by atoms with Crippen LogP contribution in [0.4, 0.5) is 0 Å². The number of rotatable bonds is 2. The average Bonchev–Trinajstić information content (AvgIpc) is 2.40. The van der Waals surface area contributed by atoms with Gasteiger partial charge < -0.3 is 10.2 Å². The molecule has 0 radical (unpaired) electrons. The summed E-state index contributed by atoms with van der Waals surface area (Å²) in [5.41, 5.74) is 2.87. The van der Waals surface area contributed by atoms with Crippen LogP contribution >= 0.6 is 0 Å². The van der Waals surface area contributed by atoms with E-state index in [0.717, 1.165) is 6.54 Å². The fraction of sp³-hybridized carbons (Fsp3) is 0.500. The van der Waals surface area contributed by atoms with Gasteiger partial charge in [-0.25, -0.2) is 5.01 Å². The van der Waals surface area contributed by atoms with E-state index in [1.807, 2.05) is 6.08 Å². The molecule has 0 saturated heterocycles. The van der Waals surface area contributed by atoms with Gasteiger partial charge in [-0.15, -0.1) is 0 Å². The van der Waals surface area contributed by atoms with Crippen LogP contribution in [0, 0.1) is 0 Å². The van der Waals surface area contributed by atoms with Crippen molar-refractivity contribution in [2.45, 2.75) is 0 Å². The molecule has 0 bridgehead atoms. The van der Waals surface area contributed by atoms with E-state index in [9.17, 15) is 4.79 Å². The van der Waals surface area contributed by atoms with Gasteiger partial charge in [0.15, 0.2) is 0 Å². The molecule has 0 atom stereocenters. The Morgan fingerprint density at radius 3 is 3.20 bits per heavy atom. The van der Waals surface area contributed by atoms with E-state index in [0.29, 0.717) is 6.54 Å². The lowest BCUT2D eigenvalue weighted by Crippen LogP contribution is -2.35. The molecule has 0 amide bonds. The first kappa shape index (κ1) is 7.08. The Labute approximate surface area is 59.4 Å². The third-order valence-electron chi connectivity index (χ3n) is 1.25. The molecule has 1 heterocycles. The Hall–Kier alpha value is -1.03. The van der Waals surface area contributed by atoms with Crippen molar-refractivity contribution < 1.29 is 9.53 Å². The monoisotopic (exact) mass is 142 g/mol. The molecule has 0 spiro atoms. The van der Waals surface area contributed by atoms with Crippen LogP contribution < -0.4 is 5.43 Å². The Morgan fingerprint density at radius 2 is 2.70 bits per heavy atom. The molecule has 0 aromatic carbocycles. The zero-order valence-electron chi connectivity index (χ0n) is 5.83. The van der Waals surface area contributed by atoms with Crippen molar-refractivity contribution in [2.24, 2.45) is 0 Å². The van der Waals surface area contributed by atoms with Crippen LogP contribution in [-0.4, -0.2) is 31.2 Å². The molecule has 4 nitrogen and oxygen atoms in total. The quantitative estimate of drug-likeness (QED) is 0.527. The highest BCUT2D eigenvalue weighted by Crippen LogP contribution is 1.91. The second-order valence-corrected chi connectivity index (χ2v) is 1.99. The van der Waals surface area contributed by atoms with Crippen LogP contribution in [0.2, 0.25) is 0 Å². The van der Waals surface area contributed by atoms with Gasteiger partial charge in [-0.2, -0.15) is 0 Å². The van der Waals surface area contributed by atoms with E-state index >= 15 is 0 Å². The molecule has 4 heteroatoms. The standard InChI is InChI=1S/C6H10N2O2/c1-10-6(9)5-8-4-2-3-7-8/h2-3,7H,4-5H2,1H3. The summed E-state index contributed by atoms with van der Waals surface area (Å²) < 4.78 is 4.46. The molecule has 1 rings (SSSR count). The van der Waals surface area contributed by atoms with E-state index < -0.39 is 0 Å². The molecule has 1 N–H and O–H groups in total. The molecule has 0 unspecified atom stereocenters. The summed E-state index contributed by atoms with van der Waals surface area (Å²) in [7, 11) is 1.38. The van der Waals surface area contributed by atoms with E-state index in [2.05, 4.69) is 10.2 Å². The third-order valence-corrected chi connectivity index (χ3v) is 1.25. The van der Waals surface area contributed by atoms with Gasteiger partial charge >= 0.3 is 5.97 Å². The lowest BCUT2D eigenvalue weighted by Gasteiger charge is -2.12. The second-order valence-electron chi connectivity index (χ2n) is 1.99. The fourth-order valence-electron chi connectivity index (χ4n) is 0.721. The van der Waals surface area contributed by atoms with Crippen molar-refractivity contribution in [3.63, 3.8) is 0 Å². The zero-order valence-corrected chi connectivity index (χ0v) is 5.83. The number of esters is 1. The first-order chi connectivity index (χ1) is 4.83. The van der Waals surface area contributed by atoms with E-state index in [4.69, 9.17) is 0 Å². The number of ether oxygens (including phenoxy) is 1. The Bertz CT molecular complexity index is 148. The molecule has 1 aliphatic heterocycles. The maximum atomic E-state index is 10.6. The minimum absolute atomic E-state index is 0.226.